The number of aliphatic hydroxyl groups is 1. The molecule has 2 N–H and O–H groups in total. The number of carbonyl (C=O) groups excluding carboxylic acids is 1. The van der Waals surface area contributed by atoms with E-state index in [0.29, 0.717) is 22.6 Å². The first-order chi connectivity index (χ1) is 10.0. The molecule has 0 aromatic heterocycles. The monoisotopic (exact) mass is 289 g/mol. The lowest BCUT2D eigenvalue weighted by Gasteiger charge is -2.14. The van der Waals surface area contributed by atoms with Gasteiger partial charge in [0, 0.05) is 5.69 Å². The Morgan fingerprint density at radius 3 is 2.76 bits per heavy atom. The summed E-state index contributed by atoms with van der Waals surface area (Å²) < 4.78 is 18.2. The molecule has 0 bridgehead atoms. The molecule has 4 nitrogen and oxygen atoms in total. The first-order valence-corrected chi connectivity index (χ1v) is 6.40. The Labute approximate surface area is 122 Å². The van der Waals surface area contributed by atoms with Gasteiger partial charge in [-0.1, -0.05) is 18.2 Å². The number of aliphatic hydroxyl groups excluding tert-OH is 1. The third-order valence-corrected chi connectivity index (χ3v) is 3.12. The highest BCUT2D eigenvalue weighted by Gasteiger charge is 2.18. The van der Waals surface area contributed by atoms with Crippen LogP contribution in [0.2, 0.25) is 0 Å². The first-order valence-electron chi connectivity index (χ1n) is 6.40. The van der Waals surface area contributed by atoms with Crippen molar-refractivity contribution in [2.45, 2.75) is 13.0 Å². The van der Waals surface area contributed by atoms with E-state index in [0.717, 1.165) is 0 Å². The van der Waals surface area contributed by atoms with Crippen LogP contribution in [0.25, 0.3) is 0 Å². The van der Waals surface area contributed by atoms with Crippen molar-refractivity contribution in [3.8, 4) is 5.75 Å². The van der Waals surface area contributed by atoms with Gasteiger partial charge in [0.25, 0.3) is 5.91 Å². The summed E-state index contributed by atoms with van der Waals surface area (Å²) in [5, 5.41) is 12.6. The highest BCUT2D eigenvalue weighted by molar-refractivity contribution is 5.95. The zero-order valence-electron chi connectivity index (χ0n) is 11.8. The van der Waals surface area contributed by atoms with Crippen molar-refractivity contribution < 1.29 is 19.0 Å². The van der Waals surface area contributed by atoms with Crippen LogP contribution >= 0.6 is 0 Å². The van der Waals surface area contributed by atoms with E-state index < -0.39 is 17.8 Å². The molecule has 0 aliphatic rings. The molecule has 0 saturated carbocycles. The second-order valence-corrected chi connectivity index (χ2v) is 4.63. The van der Waals surface area contributed by atoms with Crippen LogP contribution in [0.15, 0.2) is 42.5 Å². The molecule has 0 fully saturated rings. The third kappa shape index (κ3) is 3.58. The molecular formula is C16H16FNO3. The molecule has 1 unspecified atom stereocenters. The number of hydrogen-bond acceptors (Lipinski definition) is 3. The van der Waals surface area contributed by atoms with Gasteiger partial charge in [-0.15, -0.1) is 0 Å². The second kappa shape index (κ2) is 6.37. The average molecular weight is 289 g/mol. The van der Waals surface area contributed by atoms with Gasteiger partial charge in [-0.2, -0.15) is 0 Å². The van der Waals surface area contributed by atoms with E-state index >= 15 is 0 Å². The number of amides is 1. The summed E-state index contributed by atoms with van der Waals surface area (Å²) >= 11 is 0. The van der Waals surface area contributed by atoms with Crippen molar-refractivity contribution in [1.29, 1.82) is 0 Å². The van der Waals surface area contributed by atoms with Crippen LogP contribution in [0.4, 0.5) is 10.1 Å². The fraction of sp³-hybridized carbons (Fsp3) is 0.188. The Morgan fingerprint density at radius 1 is 1.29 bits per heavy atom. The van der Waals surface area contributed by atoms with Crippen LogP contribution in [0.3, 0.4) is 0 Å². The minimum Gasteiger partial charge on any atom is -0.497 e. The molecule has 5 heteroatoms. The molecule has 2 rings (SSSR count). The number of halogens is 1. The zero-order valence-corrected chi connectivity index (χ0v) is 11.8. The number of rotatable bonds is 4. The maximum absolute atomic E-state index is 13.2. The summed E-state index contributed by atoms with van der Waals surface area (Å²) in [6.45, 7) is 1.74. The number of methoxy groups -OCH3 is 1. The van der Waals surface area contributed by atoms with Crippen LogP contribution in [-0.2, 0) is 4.79 Å². The van der Waals surface area contributed by atoms with Crippen molar-refractivity contribution in [3.63, 3.8) is 0 Å². The lowest BCUT2D eigenvalue weighted by atomic mass is 10.1. The normalized spacial score (nSPS) is 11.8. The Bertz CT molecular complexity index is 658. The minimum atomic E-state index is -1.36. The summed E-state index contributed by atoms with van der Waals surface area (Å²) in [4.78, 5) is 12.1. The summed E-state index contributed by atoms with van der Waals surface area (Å²) in [5.41, 5.74) is 1.45. The fourth-order valence-corrected chi connectivity index (χ4v) is 1.89. The van der Waals surface area contributed by atoms with Crippen LogP contribution in [0.1, 0.15) is 17.2 Å². The van der Waals surface area contributed by atoms with Gasteiger partial charge in [0.1, 0.15) is 11.6 Å². The summed E-state index contributed by atoms with van der Waals surface area (Å²) in [5.74, 6) is -0.537. The van der Waals surface area contributed by atoms with Crippen molar-refractivity contribution in [3.05, 3.63) is 59.4 Å². The molecule has 2 aromatic carbocycles. The molecule has 1 amide bonds. The number of carbonyl (C=O) groups is 1. The Kier molecular flexibility index (Phi) is 4.55. The zero-order chi connectivity index (χ0) is 15.4. The lowest BCUT2D eigenvalue weighted by Crippen LogP contribution is -2.21. The quantitative estimate of drug-likeness (QED) is 0.910. The molecule has 0 saturated heterocycles. The third-order valence-electron chi connectivity index (χ3n) is 3.12. The van der Waals surface area contributed by atoms with E-state index in [2.05, 4.69) is 5.32 Å². The maximum atomic E-state index is 13.2. The van der Waals surface area contributed by atoms with Crippen molar-refractivity contribution in [2.75, 3.05) is 12.4 Å². The largest absolute Gasteiger partial charge is 0.497 e. The van der Waals surface area contributed by atoms with Gasteiger partial charge in [0.2, 0.25) is 0 Å². The summed E-state index contributed by atoms with van der Waals surface area (Å²) in [6, 6.07) is 10.7. The molecule has 110 valence electrons. The second-order valence-electron chi connectivity index (χ2n) is 4.63. The van der Waals surface area contributed by atoms with Gasteiger partial charge in [-0.25, -0.2) is 4.39 Å². The van der Waals surface area contributed by atoms with E-state index in [9.17, 15) is 14.3 Å². The van der Waals surface area contributed by atoms with Crippen molar-refractivity contribution >= 4 is 11.6 Å². The minimum absolute atomic E-state index is 0.335. The lowest BCUT2D eigenvalue weighted by molar-refractivity contribution is -0.124. The number of ether oxygens (including phenoxy) is 1. The molecule has 0 aliphatic carbocycles. The molecule has 2 aromatic rings. The van der Waals surface area contributed by atoms with E-state index in [1.165, 1.54) is 19.2 Å². The summed E-state index contributed by atoms with van der Waals surface area (Å²) in [6.07, 6.45) is -1.36. The molecule has 0 aliphatic heterocycles. The molecule has 0 radical (unpaired) electrons. The predicted molar refractivity (Wildman–Crippen MR) is 77.7 cm³/mol. The van der Waals surface area contributed by atoms with Crippen LogP contribution in [-0.4, -0.2) is 18.1 Å². The summed E-state index contributed by atoms with van der Waals surface area (Å²) in [7, 11) is 1.50. The highest BCUT2D eigenvalue weighted by atomic mass is 19.1. The first kappa shape index (κ1) is 15.0. The molecule has 1 atom stereocenters. The number of anilines is 1. The van der Waals surface area contributed by atoms with Crippen molar-refractivity contribution in [2.24, 2.45) is 0 Å². The van der Waals surface area contributed by atoms with E-state index in [1.54, 1.807) is 37.3 Å². The molecule has 21 heavy (non-hydrogen) atoms. The van der Waals surface area contributed by atoms with Gasteiger partial charge >= 0.3 is 0 Å². The van der Waals surface area contributed by atoms with Crippen LogP contribution < -0.4 is 10.1 Å². The Balaban J connectivity index is 2.17. The SMILES string of the molecule is COc1cccc(C(O)C(=O)Nc2cc(F)ccc2C)c1. The fourth-order valence-electron chi connectivity index (χ4n) is 1.89. The molecule has 0 spiro atoms. The molecular weight excluding hydrogens is 273 g/mol. The number of aryl methyl sites for hydroxylation is 1. The number of nitrogens with one attached hydrogen (secondary N) is 1. The standard InChI is InChI=1S/C16H16FNO3/c1-10-6-7-12(17)9-14(10)18-16(20)15(19)11-4-3-5-13(8-11)21-2/h3-9,15,19H,1-2H3,(H,18,20). The predicted octanol–water partition coefficient (Wildman–Crippen LogP) is 2.81. The van der Waals surface area contributed by atoms with Gasteiger partial charge in [-0.05, 0) is 42.3 Å². The number of benzene rings is 2. The molecule has 0 heterocycles. The smallest absolute Gasteiger partial charge is 0.257 e. The van der Waals surface area contributed by atoms with Gasteiger partial charge in [0.15, 0.2) is 6.10 Å². The van der Waals surface area contributed by atoms with Gasteiger partial charge in [0.05, 0.1) is 7.11 Å². The van der Waals surface area contributed by atoms with Crippen LogP contribution in [0, 0.1) is 12.7 Å². The Morgan fingerprint density at radius 2 is 2.05 bits per heavy atom. The van der Waals surface area contributed by atoms with E-state index in [1.807, 2.05) is 0 Å². The maximum Gasteiger partial charge on any atom is 0.257 e. The van der Waals surface area contributed by atoms with Gasteiger partial charge < -0.3 is 15.2 Å². The van der Waals surface area contributed by atoms with Crippen LogP contribution in [0.5, 0.6) is 5.75 Å². The van der Waals surface area contributed by atoms with E-state index in [-0.39, 0.29) is 0 Å². The highest BCUT2D eigenvalue weighted by Crippen LogP contribution is 2.22. The Hall–Kier alpha value is -2.40. The topological polar surface area (TPSA) is 58.6 Å². The number of hydrogen-bond donors (Lipinski definition) is 2. The average Bonchev–Trinajstić information content (AvgIpc) is 2.50. The van der Waals surface area contributed by atoms with Gasteiger partial charge in [-0.3, -0.25) is 4.79 Å². The van der Waals surface area contributed by atoms with E-state index in [4.69, 9.17) is 4.74 Å². The van der Waals surface area contributed by atoms with Crippen molar-refractivity contribution in [1.82, 2.24) is 0 Å².